The molecule has 1 aromatic heterocycles. The van der Waals surface area contributed by atoms with E-state index in [4.69, 9.17) is 9.26 Å². The van der Waals surface area contributed by atoms with Gasteiger partial charge in [-0.3, -0.25) is 0 Å². The topological polar surface area (TPSA) is 70.8 Å². The molecule has 1 aromatic carbocycles. The van der Waals surface area contributed by atoms with E-state index < -0.39 is 0 Å². The minimum atomic E-state index is -0.244. The van der Waals surface area contributed by atoms with Crippen molar-refractivity contribution in [2.24, 2.45) is 11.8 Å². The van der Waals surface area contributed by atoms with Gasteiger partial charge in [-0.15, -0.1) is 0 Å². The van der Waals surface area contributed by atoms with Crippen LogP contribution in [0, 0.1) is 11.8 Å². The Balaban J connectivity index is 1.50. The van der Waals surface area contributed by atoms with Crippen molar-refractivity contribution in [3.05, 3.63) is 23.4 Å². The Hall–Kier alpha value is -1.63. The van der Waals surface area contributed by atoms with Gasteiger partial charge in [0, 0.05) is 17.8 Å². The molecular formula is C24H37N3O3. The van der Waals surface area contributed by atoms with E-state index in [9.17, 15) is 5.11 Å². The van der Waals surface area contributed by atoms with Crippen LogP contribution in [0.2, 0.25) is 0 Å². The Bertz CT molecular complexity index is 813. The fourth-order valence-corrected chi connectivity index (χ4v) is 4.96. The highest BCUT2D eigenvalue weighted by Gasteiger charge is 2.25. The first-order valence-electron chi connectivity index (χ1n) is 11.7. The number of hydrogen-bond donors (Lipinski definition) is 2. The van der Waals surface area contributed by atoms with Crippen LogP contribution in [-0.4, -0.2) is 55.1 Å². The van der Waals surface area contributed by atoms with Crippen LogP contribution in [0.4, 0.5) is 0 Å². The lowest BCUT2D eigenvalue weighted by molar-refractivity contribution is 0.0419. The number of aliphatic hydroxyl groups is 1. The fourth-order valence-electron chi connectivity index (χ4n) is 4.96. The molecule has 30 heavy (non-hydrogen) atoms. The van der Waals surface area contributed by atoms with Gasteiger partial charge in [-0.1, -0.05) is 18.0 Å². The van der Waals surface area contributed by atoms with Crippen LogP contribution in [0.25, 0.3) is 11.0 Å². The number of aliphatic hydroxyl groups excluding tert-OH is 1. The number of hydrogen-bond acceptors (Lipinski definition) is 6. The first-order valence-corrected chi connectivity index (χ1v) is 11.7. The Morgan fingerprint density at radius 3 is 2.73 bits per heavy atom. The van der Waals surface area contributed by atoms with E-state index in [0.717, 1.165) is 79.2 Å². The summed E-state index contributed by atoms with van der Waals surface area (Å²) in [4.78, 5) is 2.13. The Labute approximate surface area is 179 Å². The molecule has 0 spiro atoms. The van der Waals surface area contributed by atoms with E-state index in [0.29, 0.717) is 6.61 Å². The lowest BCUT2D eigenvalue weighted by Gasteiger charge is -2.27. The second-order valence-electron chi connectivity index (χ2n) is 9.44. The zero-order chi connectivity index (χ0) is 20.9. The van der Waals surface area contributed by atoms with Crippen LogP contribution in [0.1, 0.15) is 56.2 Å². The summed E-state index contributed by atoms with van der Waals surface area (Å²) in [5.74, 6) is 1.86. The van der Waals surface area contributed by atoms with Gasteiger partial charge < -0.3 is 24.6 Å². The van der Waals surface area contributed by atoms with Crippen LogP contribution in [0.3, 0.4) is 0 Å². The highest BCUT2D eigenvalue weighted by Crippen LogP contribution is 2.33. The van der Waals surface area contributed by atoms with Crippen LogP contribution in [-0.2, 0) is 13.0 Å². The maximum absolute atomic E-state index is 10.3. The van der Waals surface area contributed by atoms with E-state index in [1.54, 1.807) is 0 Å². The zero-order valence-electron chi connectivity index (χ0n) is 18.5. The number of benzene rings is 1. The molecule has 6 nitrogen and oxygen atoms in total. The minimum absolute atomic E-state index is 0.219. The predicted octanol–water partition coefficient (Wildman–Crippen LogP) is 3.75. The quantitative estimate of drug-likeness (QED) is 0.684. The third-order valence-electron chi connectivity index (χ3n) is 6.82. The number of nitrogens with one attached hydrogen (secondary N) is 1. The normalized spacial score (nSPS) is 23.3. The summed E-state index contributed by atoms with van der Waals surface area (Å²) in [7, 11) is 4.11. The third kappa shape index (κ3) is 5.16. The molecule has 0 unspecified atom stereocenters. The highest BCUT2D eigenvalue weighted by atomic mass is 16.5. The lowest BCUT2D eigenvalue weighted by Crippen LogP contribution is -2.29. The second kappa shape index (κ2) is 10.1. The van der Waals surface area contributed by atoms with Crippen LogP contribution >= 0.6 is 0 Å². The molecule has 0 amide bonds. The molecule has 1 aliphatic carbocycles. The van der Waals surface area contributed by atoms with Crippen LogP contribution < -0.4 is 10.1 Å². The van der Waals surface area contributed by atoms with Crippen LogP contribution in [0.15, 0.2) is 16.7 Å². The monoisotopic (exact) mass is 415 g/mol. The molecule has 0 radical (unpaired) electrons. The standard InChI is InChI=1S/C24H37N3O3/c1-27(2)15-20-23(29-16-18-5-3-4-6-22(18)28)10-8-19-21(26-30-24(19)20)9-7-17-11-13-25-14-12-17/h8,10,17-18,22,25,28H,3-7,9,11-16H2,1-2H3/t18-,22+/m0/s1. The van der Waals surface area contributed by atoms with Gasteiger partial charge >= 0.3 is 0 Å². The van der Waals surface area contributed by atoms with Crippen molar-refractivity contribution in [3.63, 3.8) is 0 Å². The second-order valence-corrected chi connectivity index (χ2v) is 9.44. The molecule has 0 bridgehead atoms. The average molecular weight is 416 g/mol. The fraction of sp³-hybridized carbons (Fsp3) is 0.708. The number of ether oxygens (including phenoxy) is 1. The van der Waals surface area contributed by atoms with Gasteiger partial charge in [-0.2, -0.15) is 0 Å². The summed E-state index contributed by atoms with van der Waals surface area (Å²) in [5, 5.41) is 19.3. The molecule has 2 aromatic rings. The molecule has 2 fully saturated rings. The van der Waals surface area contributed by atoms with E-state index >= 15 is 0 Å². The van der Waals surface area contributed by atoms with Crippen molar-refractivity contribution in [3.8, 4) is 5.75 Å². The number of fused-ring (bicyclic) bond motifs is 1. The third-order valence-corrected chi connectivity index (χ3v) is 6.82. The Morgan fingerprint density at radius 2 is 1.97 bits per heavy atom. The lowest BCUT2D eigenvalue weighted by atomic mass is 9.87. The molecule has 4 rings (SSSR count). The largest absolute Gasteiger partial charge is 0.493 e. The predicted molar refractivity (Wildman–Crippen MR) is 119 cm³/mol. The smallest absolute Gasteiger partial charge is 0.175 e. The number of aromatic nitrogens is 1. The molecule has 2 heterocycles. The van der Waals surface area contributed by atoms with Crippen molar-refractivity contribution >= 4 is 11.0 Å². The minimum Gasteiger partial charge on any atom is -0.493 e. The van der Waals surface area contributed by atoms with Gasteiger partial charge in [0.25, 0.3) is 0 Å². The highest BCUT2D eigenvalue weighted by molar-refractivity contribution is 5.84. The first kappa shape index (κ1) is 21.6. The zero-order valence-corrected chi connectivity index (χ0v) is 18.5. The van der Waals surface area contributed by atoms with E-state index in [1.807, 2.05) is 0 Å². The maximum atomic E-state index is 10.3. The molecule has 6 heteroatoms. The summed E-state index contributed by atoms with van der Waals surface area (Å²) in [6.07, 6.45) is 8.63. The molecule has 1 aliphatic heterocycles. The number of aryl methyl sites for hydroxylation is 1. The van der Waals surface area contributed by atoms with E-state index in [1.165, 1.54) is 25.7 Å². The number of rotatable bonds is 8. The van der Waals surface area contributed by atoms with Crippen molar-refractivity contribution in [1.29, 1.82) is 0 Å². The summed E-state index contributed by atoms with van der Waals surface area (Å²) in [5.41, 5.74) is 2.98. The van der Waals surface area contributed by atoms with Gasteiger partial charge in [-0.05, 0) is 83.8 Å². The summed E-state index contributed by atoms with van der Waals surface area (Å²) in [6.45, 7) is 3.56. The van der Waals surface area contributed by atoms with Gasteiger partial charge in [0.1, 0.15) is 5.75 Å². The van der Waals surface area contributed by atoms with Crippen LogP contribution in [0.5, 0.6) is 5.75 Å². The molecule has 2 atom stereocenters. The van der Waals surface area contributed by atoms with E-state index in [-0.39, 0.29) is 12.0 Å². The van der Waals surface area contributed by atoms with Gasteiger partial charge in [0.2, 0.25) is 0 Å². The van der Waals surface area contributed by atoms with Gasteiger partial charge in [-0.25, -0.2) is 0 Å². The molecule has 2 aliphatic rings. The molecule has 2 N–H and O–H groups in total. The first-order chi connectivity index (χ1) is 14.6. The molecular weight excluding hydrogens is 378 g/mol. The number of nitrogens with zero attached hydrogens (tertiary/aromatic N) is 2. The summed E-state index contributed by atoms with van der Waals surface area (Å²) in [6, 6.07) is 4.18. The number of piperidine rings is 1. The Morgan fingerprint density at radius 1 is 1.17 bits per heavy atom. The summed E-state index contributed by atoms with van der Waals surface area (Å²) < 4.78 is 12.1. The van der Waals surface area contributed by atoms with Crippen molar-refractivity contribution in [1.82, 2.24) is 15.4 Å². The van der Waals surface area contributed by atoms with Crippen molar-refractivity contribution in [2.75, 3.05) is 33.8 Å². The average Bonchev–Trinajstić information content (AvgIpc) is 3.16. The summed E-state index contributed by atoms with van der Waals surface area (Å²) >= 11 is 0. The van der Waals surface area contributed by atoms with Crippen molar-refractivity contribution < 1.29 is 14.4 Å². The molecule has 1 saturated heterocycles. The Kier molecular flexibility index (Phi) is 7.28. The molecule has 166 valence electrons. The van der Waals surface area contributed by atoms with E-state index in [2.05, 4.69) is 41.6 Å². The van der Waals surface area contributed by atoms with Crippen molar-refractivity contribution in [2.45, 2.75) is 64.0 Å². The van der Waals surface area contributed by atoms with Gasteiger partial charge in [0.05, 0.1) is 24.0 Å². The maximum Gasteiger partial charge on any atom is 0.175 e. The SMILES string of the molecule is CN(C)Cc1c(OC[C@@H]2CCCC[C@H]2O)ccc2c(CCC3CCNCC3)noc12. The van der Waals surface area contributed by atoms with Gasteiger partial charge in [0.15, 0.2) is 5.58 Å². The molecule has 1 saturated carbocycles.